The average molecular weight is 250 g/mol. The molecule has 0 aliphatic heterocycles. The summed E-state index contributed by atoms with van der Waals surface area (Å²) in [4.78, 5) is 10.8. The lowest BCUT2D eigenvalue weighted by atomic mass is 9.97. The van der Waals surface area contributed by atoms with Gasteiger partial charge in [0.2, 0.25) is 0 Å². The third-order valence-electron chi connectivity index (χ3n) is 3.20. The lowest BCUT2D eigenvalue weighted by molar-refractivity contribution is 0.112. The molecular weight excluding hydrogens is 239 g/mol. The highest BCUT2D eigenvalue weighted by Crippen LogP contribution is 2.29. The first-order chi connectivity index (χ1) is 9.28. The quantitative estimate of drug-likeness (QED) is 0.614. The molecule has 3 aromatic rings. The predicted molar refractivity (Wildman–Crippen MR) is 74.7 cm³/mol. The highest BCUT2D eigenvalue weighted by atomic mass is 19.1. The Morgan fingerprint density at radius 3 is 2.42 bits per heavy atom. The van der Waals surface area contributed by atoms with E-state index in [9.17, 15) is 9.18 Å². The van der Waals surface area contributed by atoms with E-state index in [0.717, 1.165) is 28.2 Å². The van der Waals surface area contributed by atoms with Gasteiger partial charge in [0, 0.05) is 5.56 Å². The lowest BCUT2D eigenvalue weighted by Crippen LogP contribution is -1.84. The largest absolute Gasteiger partial charge is 0.298 e. The van der Waals surface area contributed by atoms with Gasteiger partial charge in [0.25, 0.3) is 0 Å². The molecule has 92 valence electrons. The van der Waals surface area contributed by atoms with Crippen molar-refractivity contribution < 1.29 is 9.18 Å². The van der Waals surface area contributed by atoms with Gasteiger partial charge in [-0.25, -0.2) is 4.39 Å². The van der Waals surface area contributed by atoms with Gasteiger partial charge in [-0.15, -0.1) is 0 Å². The van der Waals surface area contributed by atoms with Crippen LogP contribution in [0.4, 0.5) is 4.39 Å². The number of fused-ring (bicyclic) bond motifs is 1. The fraction of sp³-hybridized carbons (Fsp3) is 0. The number of hydrogen-bond donors (Lipinski definition) is 0. The van der Waals surface area contributed by atoms with Crippen molar-refractivity contribution in [3.05, 3.63) is 72.0 Å². The van der Waals surface area contributed by atoms with Crippen LogP contribution in [0.1, 0.15) is 10.4 Å². The van der Waals surface area contributed by atoms with Crippen LogP contribution < -0.4 is 0 Å². The molecule has 3 aromatic carbocycles. The van der Waals surface area contributed by atoms with Gasteiger partial charge in [0.15, 0.2) is 0 Å². The minimum Gasteiger partial charge on any atom is -0.298 e. The standard InChI is InChI=1S/C17H11FO/c18-15-7-5-13(6-8-15)16-3-1-2-14-10-12(11-19)4-9-17(14)16/h1-11H. The van der Waals surface area contributed by atoms with Gasteiger partial charge in [0.05, 0.1) is 0 Å². The number of halogens is 1. The summed E-state index contributed by atoms with van der Waals surface area (Å²) in [7, 11) is 0. The van der Waals surface area contributed by atoms with E-state index in [2.05, 4.69) is 0 Å². The van der Waals surface area contributed by atoms with Crippen LogP contribution in [0.15, 0.2) is 60.7 Å². The van der Waals surface area contributed by atoms with Crippen LogP contribution in [-0.2, 0) is 0 Å². The van der Waals surface area contributed by atoms with Crippen LogP contribution in [0, 0.1) is 5.82 Å². The summed E-state index contributed by atoms with van der Waals surface area (Å²) in [6.45, 7) is 0. The average Bonchev–Trinajstić information content (AvgIpc) is 2.47. The van der Waals surface area contributed by atoms with Crippen molar-refractivity contribution in [2.75, 3.05) is 0 Å². The zero-order valence-electron chi connectivity index (χ0n) is 10.1. The van der Waals surface area contributed by atoms with Gasteiger partial charge in [-0.1, -0.05) is 42.5 Å². The smallest absolute Gasteiger partial charge is 0.150 e. The summed E-state index contributed by atoms with van der Waals surface area (Å²) < 4.78 is 13.0. The molecule has 2 heteroatoms. The molecule has 0 N–H and O–H groups in total. The molecular formula is C17H11FO. The first-order valence-corrected chi connectivity index (χ1v) is 6.02. The van der Waals surface area contributed by atoms with Crippen LogP contribution in [0.2, 0.25) is 0 Å². The number of carbonyl (C=O) groups excluding carboxylic acids is 1. The van der Waals surface area contributed by atoms with E-state index in [-0.39, 0.29) is 5.82 Å². The van der Waals surface area contributed by atoms with E-state index in [1.54, 1.807) is 18.2 Å². The van der Waals surface area contributed by atoms with E-state index in [4.69, 9.17) is 0 Å². The topological polar surface area (TPSA) is 17.1 Å². The summed E-state index contributed by atoms with van der Waals surface area (Å²) in [6, 6.07) is 17.9. The lowest BCUT2D eigenvalue weighted by Gasteiger charge is -2.07. The molecule has 0 fully saturated rings. The molecule has 0 amide bonds. The first kappa shape index (κ1) is 11.6. The van der Waals surface area contributed by atoms with E-state index < -0.39 is 0 Å². The van der Waals surface area contributed by atoms with Crippen molar-refractivity contribution in [3.63, 3.8) is 0 Å². The summed E-state index contributed by atoms with van der Waals surface area (Å²) in [5.74, 6) is -0.243. The molecule has 0 aliphatic rings. The van der Waals surface area contributed by atoms with Crippen molar-refractivity contribution in [2.45, 2.75) is 0 Å². The van der Waals surface area contributed by atoms with Crippen LogP contribution >= 0.6 is 0 Å². The summed E-state index contributed by atoms with van der Waals surface area (Å²) in [5.41, 5.74) is 2.66. The number of hydrogen-bond acceptors (Lipinski definition) is 1. The molecule has 0 radical (unpaired) electrons. The molecule has 0 aromatic heterocycles. The molecule has 0 saturated carbocycles. The highest BCUT2D eigenvalue weighted by molar-refractivity contribution is 5.98. The Kier molecular flexibility index (Phi) is 2.84. The van der Waals surface area contributed by atoms with Gasteiger partial charge in [-0.2, -0.15) is 0 Å². The van der Waals surface area contributed by atoms with Crippen molar-refractivity contribution in [1.29, 1.82) is 0 Å². The van der Waals surface area contributed by atoms with Crippen LogP contribution in [0.3, 0.4) is 0 Å². The monoisotopic (exact) mass is 250 g/mol. The number of rotatable bonds is 2. The molecule has 3 rings (SSSR count). The number of carbonyl (C=O) groups is 1. The van der Waals surface area contributed by atoms with Gasteiger partial charge in [-0.05, 0) is 40.1 Å². The van der Waals surface area contributed by atoms with E-state index >= 15 is 0 Å². The predicted octanol–water partition coefficient (Wildman–Crippen LogP) is 4.46. The maximum Gasteiger partial charge on any atom is 0.150 e. The van der Waals surface area contributed by atoms with Crippen LogP contribution in [0.5, 0.6) is 0 Å². The Morgan fingerprint density at radius 1 is 0.895 bits per heavy atom. The Morgan fingerprint density at radius 2 is 1.68 bits per heavy atom. The van der Waals surface area contributed by atoms with Crippen LogP contribution in [-0.4, -0.2) is 6.29 Å². The Hall–Kier alpha value is -2.48. The molecule has 0 saturated heterocycles. The highest BCUT2D eigenvalue weighted by Gasteiger charge is 2.04. The maximum atomic E-state index is 13.0. The summed E-state index contributed by atoms with van der Waals surface area (Å²) in [5, 5.41) is 2.06. The van der Waals surface area contributed by atoms with Crippen molar-refractivity contribution in [3.8, 4) is 11.1 Å². The van der Waals surface area contributed by atoms with E-state index in [0.29, 0.717) is 5.56 Å². The molecule has 0 unspecified atom stereocenters. The first-order valence-electron chi connectivity index (χ1n) is 6.02. The minimum absolute atomic E-state index is 0.243. The van der Waals surface area contributed by atoms with Crippen molar-refractivity contribution in [2.24, 2.45) is 0 Å². The Bertz CT molecular complexity index is 745. The second kappa shape index (κ2) is 4.65. The minimum atomic E-state index is -0.243. The second-order valence-electron chi connectivity index (χ2n) is 4.41. The molecule has 0 aliphatic carbocycles. The number of aldehydes is 1. The summed E-state index contributed by atoms with van der Waals surface area (Å²) >= 11 is 0. The Labute approximate surface area is 110 Å². The second-order valence-corrected chi connectivity index (χ2v) is 4.41. The normalized spacial score (nSPS) is 10.6. The molecule has 0 heterocycles. The molecule has 0 spiro atoms. The SMILES string of the molecule is O=Cc1ccc2c(-c3ccc(F)cc3)cccc2c1. The third kappa shape index (κ3) is 2.13. The Balaban J connectivity index is 2.24. The summed E-state index contributed by atoms with van der Waals surface area (Å²) in [6.07, 6.45) is 0.837. The molecule has 0 bridgehead atoms. The van der Waals surface area contributed by atoms with Gasteiger partial charge in [0.1, 0.15) is 12.1 Å². The zero-order chi connectivity index (χ0) is 13.2. The van der Waals surface area contributed by atoms with Gasteiger partial charge in [-0.3, -0.25) is 4.79 Å². The fourth-order valence-electron chi connectivity index (χ4n) is 2.26. The van der Waals surface area contributed by atoms with Gasteiger partial charge >= 0.3 is 0 Å². The van der Waals surface area contributed by atoms with E-state index in [1.165, 1.54) is 12.1 Å². The molecule has 1 nitrogen and oxygen atoms in total. The zero-order valence-corrected chi connectivity index (χ0v) is 10.1. The third-order valence-corrected chi connectivity index (χ3v) is 3.20. The fourth-order valence-corrected chi connectivity index (χ4v) is 2.26. The van der Waals surface area contributed by atoms with Crippen molar-refractivity contribution >= 4 is 17.1 Å². The molecule has 19 heavy (non-hydrogen) atoms. The van der Waals surface area contributed by atoms with Gasteiger partial charge < -0.3 is 0 Å². The molecule has 0 atom stereocenters. The van der Waals surface area contributed by atoms with E-state index in [1.807, 2.05) is 30.3 Å². The number of benzene rings is 3. The maximum absolute atomic E-state index is 13.0. The van der Waals surface area contributed by atoms with Crippen molar-refractivity contribution in [1.82, 2.24) is 0 Å². The van der Waals surface area contributed by atoms with Crippen LogP contribution in [0.25, 0.3) is 21.9 Å².